The first-order chi connectivity index (χ1) is 9.92. The van der Waals surface area contributed by atoms with E-state index < -0.39 is 0 Å². The largest absolute Gasteiger partial charge is 0.493 e. The van der Waals surface area contributed by atoms with Gasteiger partial charge in [0.15, 0.2) is 11.5 Å². The maximum atomic E-state index is 11.5. The second-order valence-electron chi connectivity index (χ2n) is 5.32. The molecule has 1 N–H and O–H groups in total. The highest BCUT2D eigenvalue weighted by atomic mass is 16.5. The lowest BCUT2D eigenvalue weighted by atomic mass is 10.2. The van der Waals surface area contributed by atoms with E-state index in [0.717, 1.165) is 5.56 Å². The molecule has 0 heterocycles. The van der Waals surface area contributed by atoms with Gasteiger partial charge in [0.05, 0.1) is 13.7 Å². The summed E-state index contributed by atoms with van der Waals surface area (Å²) in [5, 5.41) is 1.59. The summed E-state index contributed by atoms with van der Waals surface area (Å²) < 4.78 is 11.0. The fourth-order valence-electron chi connectivity index (χ4n) is 1.59. The fourth-order valence-corrected chi connectivity index (χ4v) is 1.59. The zero-order valence-corrected chi connectivity index (χ0v) is 13.3. The van der Waals surface area contributed by atoms with Crippen molar-refractivity contribution in [3.63, 3.8) is 0 Å². The quantitative estimate of drug-likeness (QED) is 0.619. The van der Waals surface area contributed by atoms with E-state index in [1.54, 1.807) is 32.3 Å². The van der Waals surface area contributed by atoms with Gasteiger partial charge in [0, 0.05) is 20.2 Å². The fraction of sp³-hybridized carbons (Fsp3) is 0.438. The molecule has 1 aromatic carbocycles. The first kappa shape index (κ1) is 17.0. The molecule has 0 aliphatic carbocycles. The van der Waals surface area contributed by atoms with E-state index in [4.69, 9.17) is 9.47 Å². The molecule has 0 fully saturated rings. The Hall–Kier alpha value is -2.01. The highest BCUT2D eigenvalue weighted by Gasteiger charge is 2.06. The van der Waals surface area contributed by atoms with Crippen molar-refractivity contribution >= 4 is 12.0 Å². The lowest BCUT2D eigenvalue weighted by Crippen LogP contribution is -2.34. The summed E-state index contributed by atoms with van der Waals surface area (Å²) in [6.45, 7) is 4.82. The number of carbonyl (C=O) groups excluding carboxylic acids is 1. The Balaban J connectivity index is 2.77. The number of methoxy groups -OCH3 is 1. The molecule has 0 saturated heterocycles. The van der Waals surface area contributed by atoms with Crippen LogP contribution >= 0.6 is 0 Å². The van der Waals surface area contributed by atoms with Gasteiger partial charge in [-0.1, -0.05) is 19.9 Å². The van der Waals surface area contributed by atoms with Gasteiger partial charge < -0.3 is 9.47 Å². The molecule has 1 aromatic rings. The minimum atomic E-state index is -0.181. The Labute approximate surface area is 126 Å². The van der Waals surface area contributed by atoms with Crippen molar-refractivity contribution in [2.75, 3.05) is 27.8 Å². The lowest BCUT2D eigenvalue weighted by Gasteiger charge is -2.13. The van der Waals surface area contributed by atoms with Gasteiger partial charge in [0.2, 0.25) is 0 Å². The van der Waals surface area contributed by atoms with Gasteiger partial charge in [-0.25, -0.2) is 5.01 Å². The third-order valence-corrected chi connectivity index (χ3v) is 2.52. The Morgan fingerprint density at radius 3 is 2.62 bits per heavy atom. The van der Waals surface area contributed by atoms with Gasteiger partial charge >= 0.3 is 0 Å². The third-order valence-electron chi connectivity index (χ3n) is 2.52. The molecule has 0 unspecified atom stereocenters. The van der Waals surface area contributed by atoms with Crippen molar-refractivity contribution in [3.05, 3.63) is 29.8 Å². The van der Waals surface area contributed by atoms with Crippen LogP contribution in [-0.4, -0.2) is 38.7 Å². The molecule has 0 aliphatic rings. The molecule has 0 spiro atoms. The van der Waals surface area contributed by atoms with E-state index in [2.05, 4.69) is 19.3 Å². The summed E-state index contributed by atoms with van der Waals surface area (Å²) in [6, 6.07) is 5.58. The third kappa shape index (κ3) is 6.31. The monoisotopic (exact) mass is 292 g/mol. The molecule has 116 valence electrons. The average molecular weight is 292 g/mol. The summed E-state index contributed by atoms with van der Waals surface area (Å²) in [5.74, 6) is 1.63. The molecule has 1 rings (SSSR count). The van der Waals surface area contributed by atoms with Gasteiger partial charge in [-0.05, 0) is 29.7 Å². The molecule has 0 atom stereocenters. The van der Waals surface area contributed by atoms with E-state index in [9.17, 15) is 4.79 Å². The zero-order chi connectivity index (χ0) is 15.8. The van der Waals surface area contributed by atoms with Crippen molar-refractivity contribution in [1.82, 2.24) is 10.4 Å². The number of nitrogens with zero attached hydrogens (tertiary/aromatic N) is 1. The molecule has 1 amide bonds. The van der Waals surface area contributed by atoms with Crippen LogP contribution in [0.5, 0.6) is 11.5 Å². The minimum absolute atomic E-state index is 0.181. The van der Waals surface area contributed by atoms with Gasteiger partial charge in [0.1, 0.15) is 0 Å². The number of ether oxygens (including phenoxy) is 2. The first-order valence-corrected chi connectivity index (χ1v) is 6.89. The van der Waals surface area contributed by atoms with Crippen LogP contribution in [-0.2, 0) is 4.79 Å². The van der Waals surface area contributed by atoms with Crippen LogP contribution in [0.3, 0.4) is 0 Å². The van der Waals surface area contributed by atoms with E-state index in [0.29, 0.717) is 24.0 Å². The molecule has 21 heavy (non-hydrogen) atoms. The Kier molecular flexibility index (Phi) is 6.75. The van der Waals surface area contributed by atoms with Gasteiger partial charge in [-0.15, -0.1) is 0 Å². The van der Waals surface area contributed by atoms with Crippen LogP contribution in [0.15, 0.2) is 24.3 Å². The first-order valence-electron chi connectivity index (χ1n) is 6.89. The number of rotatable bonds is 7. The van der Waals surface area contributed by atoms with Gasteiger partial charge in [-0.3, -0.25) is 10.2 Å². The molecule has 0 bridgehead atoms. The van der Waals surface area contributed by atoms with Crippen LogP contribution in [0.2, 0.25) is 0 Å². The highest BCUT2D eigenvalue weighted by molar-refractivity contribution is 5.91. The zero-order valence-electron chi connectivity index (χ0n) is 13.3. The normalized spacial score (nSPS) is 11.2. The van der Waals surface area contributed by atoms with Gasteiger partial charge in [-0.2, -0.15) is 0 Å². The van der Waals surface area contributed by atoms with Crippen molar-refractivity contribution < 1.29 is 14.3 Å². The van der Waals surface area contributed by atoms with E-state index >= 15 is 0 Å². The van der Waals surface area contributed by atoms with Gasteiger partial charge in [0.25, 0.3) is 5.91 Å². The Morgan fingerprint density at radius 2 is 2.05 bits per heavy atom. The SMILES string of the molecule is COc1cc(/C=C/C(=O)NN(C)C)ccc1OCC(C)C. The van der Waals surface area contributed by atoms with Crippen LogP contribution in [0.1, 0.15) is 19.4 Å². The molecule has 5 heteroatoms. The average Bonchev–Trinajstić information content (AvgIpc) is 2.42. The maximum Gasteiger partial charge on any atom is 0.258 e. The predicted octanol–water partition coefficient (Wildman–Crippen LogP) is 2.34. The van der Waals surface area contributed by atoms with E-state index in [1.807, 2.05) is 18.2 Å². The number of benzene rings is 1. The second kappa shape index (κ2) is 8.32. The molecule has 0 aliphatic heterocycles. The summed E-state index contributed by atoms with van der Waals surface area (Å²) >= 11 is 0. The molecule has 0 aromatic heterocycles. The standard InChI is InChI=1S/C16H24N2O3/c1-12(2)11-21-14-8-6-13(10-15(14)20-5)7-9-16(19)17-18(3)4/h6-10,12H,11H2,1-5H3,(H,17,19)/b9-7+. The summed E-state index contributed by atoms with van der Waals surface area (Å²) in [7, 11) is 5.12. The number of nitrogens with one attached hydrogen (secondary N) is 1. The highest BCUT2D eigenvalue weighted by Crippen LogP contribution is 2.28. The van der Waals surface area contributed by atoms with E-state index in [1.165, 1.54) is 6.08 Å². The van der Waals surface area contributed by atoms with Crippen molar-refractivity contribution in [2.45, 2.75) is 13.8 Å². The minimum Gasteiger partial charge on any atom is -0.493 e. The molecular weight excluding hydrogens is 268 g/mol. The molecule has 0 radical (unpaired) electrons. The topological polar surface area (TPSA) is 50.8 Å². The summed E-state index contributed by atoms with van der Waals surface area (Å²) in [4.78, 5) is 11.5. The Morgan fingerprint density at radius 1 is 1.33 bits per heavy atom. The summed E-state index contributed by atoms with van der Waals surface area (Å²) in [5.41, 5.74) is 3.51. The number of hydrogen-bond donors (Lipinski definition) is 1. The van der Waals surface area contributed by atoms with Crippen LogP contribution in [0.4, 0.5) is 0 Å². The smallest absolute Gasteiger partial charge is 0.258 e. The molecule has 5 nitrogen and oxygen atoms in total. The van der Waals surface area contributed by atoms with Crippen molar-refractivity contribution in [2.24, 2.45) is 5.92 Å². The van der Waals surface area contributed by atoms with Crippen molar-refractivity contribution in [3.8, 4) is 11.5 Å². The number of amides is 1. The molecular formula is C16H24N2O3. The summed E-state index contributed by atoms with van der Waals surface area (Å²) in [6.07, 6.45) is 3.21. The van der Waals surface area contributed by atoms with Crippen LogP contribution in [0, 0.1) is 5.92 Å². The maximum absolute atomic E-state index is 11.5. The number of carbonyl (C=O) groups is 1. The number of hydrazine groups is 1. The lowest BCUT2D eigenvalue weighted by molar-refractivity contribution is -0.119. The Bertz CT molecular complexity index is 496. The van der Waals surface area contributed by atoms with Crippen molar-refractivity contribution in [1.29, 1.82) is 0 Å². The van der Waals surface area contributed by atoms with Crippen LogP contribution < -0.4 is 14.9 Å². The van der Waals surface area contributed by atoms with Crippen LogP contribution in [0.25, 0.3) is 6.08 Å². The van der Waals surface area contributed by atoms with E-state index in [-0.39, 0.29) is 5.91 Å². The molecule has 0 saturated carbocycles. The second-order valence-corrected chi connectivity index (χ2v) is 5.32. The number of hydrogen-bond acceptors (Lipinski definition) is 4. The predicted molar refractivity (Wildman–Crippen MR) is 84.2 cm³/mol.